The number of ether oxygens (including phenoxy) is 2. The molecular formula is C19H23NO3S2. The highest BCUT2D eigenvalue weighted by molar-refractivity contribution is 8.00. The highest BCUT2D eigenvalue weighted by Gasteiger charge is 2.17. The molecule has 0 saturated carbocycles. The molecule has 0 bridgehead atoms. The molecule has 0 aliphatic rings. The van der Waals surface area contributed by atoms with Gasteiger partial charge >= 0.3 is 0 Å². The van der Waals surface area contributed by atoms with E-state index in [-0.39, 0.29) is 11.2 Å². The molecule has 0 heterocycles. The molecule has 2 aromatic carbocycles. The number of carbonyl (C=O) groups excluding carboxylic acids is 1. The fraction of sp³-hybridized carbons (Fsp3) is 0.316. The molecular weight excluding hydrogens is 354 g/mol. The van der Waals surface area contributed by atoms with E-state index in [0.717, 1.165) is 21.2 Å². The Kier molecular flexibility index (Phi) is 7.52. The average Bonchev–Trinajstić information content (AvgIpc) is 2.63. The number of amides is 1. The lowest BCUT2D eigenvalue weighted by Gasteiger charge is -2.15. The van der Waals surface area contributed by atoms with E-state index >= 15 is 0 Å². The molecule has 0 unspecified atom stereocenters. The Morgan fingerprint density at radius 1 is 1.12 bits per heavy atom. The second kappa shape index (κ2) is 9.63. The lowest BCUT2D eigenvalue weighted by Crippen LogP contribution is -2.22. The van der Waals surface area contributed by atoms with Crippen LogP contribution in [0.1, 0.15) is 13.8 Å². The molecule has 2 rings (SSSR count). The van der Waals surface area contributed by atoms with E-state index in [4.69, 9.17) is 9.47 Å². The van der Waals surface area contributed by atoms with Crippen molar-refractivity contribution in [3.8, 4) is 11.5 Å². The molecule has 0 aromatic heterocycles. The normalized spacial score (nSPS) is 11.7. The van der Waals surface area contributed by atoms with Gasteiger partial charge in [0.2, 0.25) is 5.91 Å². The summed E-state index contributed by atoms with van der Waals surface area (Å²) in [4.78, 5) is 14.6. The van der Waals surface area contributed by atoms with Crippen molar-refractivity contribution in [3.63, 3.8) is 0 Å². The maximum Gasteiger partial charge on any atom is 0.237 e. The van der Waals surface area contributed by atoms with Gasteiger partial charge in [-0.3, -0.25) is 4.79 Å². The average molecular weight is 378 g/mol. The van der Waals surface area contributed by atoms with Crippen molar-refractivity contribution in [2.24, 2.45) is 0 Å². The Morgan fingerprint density at radius 2 is 1.84 bits per heavy atom. The van der Waals surface area contributed by atoms with Gasteiger partial charge in [0, 0.05) is 9.79 Å². The second-order valence-corrected chi connectivity index (χ2v) is 7.92. The zero-order valence-electron chi connectivity index (χ0n) is 14.9. The Hall–Kier alpha value is -1.79. The van der Waals surface area contributed by atoms with Crippen LogP contribution in [0, 0.1) is 0 Å². The van der Waals surface area contributed by atoms with Crippen LogP contribution in [0.4, 0.5) is 5.69 Å². The highest BCUT2D eigenvalue weighted by atomic mass is 32.2. The summed E-state index contributed by atoms with van der Waals surface area (Å²) in [6.07, 6.45) is 0. The molecule has 6 heteroatoms. The topological polar surface area (TPSA) is 47.6 Å². The third-order valence-electron chi connectivity index (χ3n) is 3.48. The standard InChI is InChI=1S/C19H23NO3S2/c1-5-24-18-9-7-6-8-15(18)20-19(21)13(2)25-14-10-11-16(22-3)17(12-14)23-4/h6-13H,5H2,1-4H3,(H,20,21)/t13-/m1/s1. The Morgan fingerprint density at radius 3 is 2.52 bits per heavy atom. The molecule has 0 spiro atoms. The van der Waals surface area contributed by atoms with E-state index in [0.29, 0.717) is 11.5 Å². The van der Waals surface area contributed by atoms with Gasteiger partial charge in [-0.25, -0.2) is 0 Å². The molecule has 134 valence electrons. The molecule has 0 aliphatic heterocycles. The molecule has 1 atom stereocenters. The van der Waals surface area contributed by atoms with E-state index in [2.05, 4.69) is 12.2 Å². The number of hydrogen-bond acceptors (Lipinski definition) is 5. The van der Waals surface area contributed by atoms with Gasteiger partial charge in [0.15, 0.2) is 11.5 Å². The summed E-state index contributed by atoms with van der Waals surface area (Å²) in [6, 6.07) is 13.5. The minimum atomic E-state index is -0.238. The van der Waals surface area contributed by atoms with Crippen LogP contribution in [-0.2, 0) is 4.79 Å². The first-order valence-electron chi connectivity index (χ1n) is 8.00. The minimum Gasteiger partial charge on any atom is -0.493 e. The zero-order valence-corrected chi connectivity index (χ0v) is 16.5. The van der Waals surface area contributed by atoms with Crippen molar-refractivity contribution >= 4 is 35.1 Å². The number of anilines is 1. The van der Waals surface area contributed by atoms with E-state index in [1.54, 1.807) is 26.0 Å². The molecule has 4 nitrogen and oxygen atoms in total. The largest absolute Gasteiger partial charge is 0.493 e. The molecule has 2 aromatic rings. The van der Waals surface area contributed by atoms with E-state index in [9.17, 15) is 4.79 Å². The van der Waals surface area contributed by atoms with Crippen LogP contribution in [0.5, 0.6) is 11.5 Å². The number of hydrogen-bond donors (Lipinski definition) is 1. The summed E-state index contributed by atoms with van der Waals surface area (Å²) in [5.41, 5.74) is 0.860. The number of benzene rings is 2. The van der Waals surface area contributed by atoms with Crippen molar-refractivity contribution in [2.75, 3.05) is 25.3 Å². The van der Waals surface area contributed by atoms with Crippen LogP contribution < -0.4 is 14.8 Å². The molecule has 0 radical (unpaired) electrons. The van der Waals surface area contributed by atoms with Crippen LogP contribution in [0.25, 0.3) is 0 Å². The number of methoxy groups -OCH3 is 2. The van der Waals surface area contributed by atoms with Crippen molar-refractivity contribution in [3.05, 3.63) is 42.5 Å². The van der Waals surface area contributed by atoms with Gasteiger partial charge in [0.25, 0.3) is 0 Å². The summed E-state index contributed by atoms with van der Waals surface area (Å²) in [7, 11) is 3.21. The molecule has 1 N–H and O–H groups in total. The predicted octanol–water partition coefficient (Wildman–Crippen LogP) is 4.94. The van der Waals surface area contributed by atoms with Crippen LogP contribution >= 0.6 is 23.5 Å². The summed E-state index contributed by atoms with van der Waals surface area (Å²) < 4.78 is 10.6. The lowest BCUT2D eigenvalue weighted by atomic mass is 10.3. The maximum atomic E-state index is 12.6. The number of rotatable bonds is 8. The van der Waals surface area contributed by atoms with Crippen molar-refractivity contribution < 1.29 is 14.3 Å². The predicted molar refractivity (Wildman–Crippen MR) is 106 cm³/mol. The Bertz CT molecular complexity index is 722. The van der Waals surface area contributed by atoms with Crippen LogP contribution in [-0.4, -0.2) is 31.1 Å². The lowest BCUT2D eigenvalue weighted by molar-refractivity contribution is -0.115. The molecule has 1 amide bonds. The fourth-order valence-corrected chi connectivity index (χ4v) is 3.89. The van der Waals surface area contributed by atoms with E-state index in [1.807, 2.05) is 49.4 Å². The highest BCUT2D eigenvalue weighted by Crippen LogP contribution is 2.34. The van der Waals surface area contributed by atoms with Gasteiger partial charge in [0.1, 0.15) is 0 Å². The van der Waals surface area contributed by atoms with Crippen LogP contribution in [0.2, 0.25) is 0 Å². The molecule has 0 fully saturated rings. The van der Waals surface area contributed by atoms with Crippen molar-refractivity contribution in [1.82, 2.24) is 0 Å². The Balaban J connectivity index is 2.06. The minimum absolute atomic E-state index is 0.0241. The molecule has 0 aliphatic carbocycles. The van der Waals surface area contributed by atoms with Crippen LogP contribution in [0.15, 0.2) is 52.3 Å². The fourth-order valence-electron chi connectivity index (χ4n) is 2.23. The summed E-state index contributed by atoms with van der Waals surface area (Å²) in [6.45, 7) is 3.99. The van der Waals surface area contributed by atoms with Gasteiger partial charge in [-0.1, -0.05) is 19.1 Å². The quantitative estimate of drug-likeness (QED) is 0.661. The zero-order chi connectivity index (χ0) is 18.2. The van der Waals surface area contributed by atoms with Gasteiger partial charge in [-0.2, -0.15) is 0 Å². The summed E-state index contributed by atoms with van der Waals surface area (Å²) in [5.74, 6) is 2.27. The first-order chi connectivity index (χ1) is 12.1. The van der Waals surface area contributed by atoms with E-state index < -0.39 is 0 Å². The van der Waals surface area contributed by atoms with Gasteiger partial charge in [-0.15, -0.1) is 23.5 Å². The monoisotopic (exact) mass is 377 g/mol. The summed E-state index contributed by atoms with van der Waals surface area (Å²) >= 11 is 3.20. The van der Waals surface area contributed by atoms with Crippen molar-refractivity contribution in [1.29, 1.82) is 0 Å². The van der Waals surface area contributed by atoms with Gasteiger partial charge in [-0.05, 0) is 43.0 Å². The smallest absolute Gasteiger partial charge is 0.237 e. The van der Waals surface area contributed by atoms with Crippen molar-refractivity contribution in [2.45, 2.75) is 28.9 Å². The van der Waals surface area contributed by atoms with E-state index in [1.165, 1.54) is 11.8 Å². The van der Waals surface area contributed by atoms with Gasteiger partial charge in [0.05, 0.1) is 25.2 Å². The number of thioether (sulfide) groups is 2. The summed E-state index contributed by atoms with van der Waals surface area (Å²) in [5, 5.41) is 2.79. The third-order valence-corrected chi connectivity index (χ3v) is 5.53. The number of carbonyl (C=O) groups is 1. The SMILES string of the molecule is CCSc1ccccc1NC(=O)[C@@H](C)Sc1ccc(OC)c(OC)c1. The van der Waals surface area contributed by atoms with Gasteiger partial charge < -0.3 is 14.8 Å². The first-order valence-corrected chi connectivity index (χ1v) is 9.87. The van der Waals surface area contributed by atoms with Crippen LogP contribution in [0.3, 0.4) is 0 Å². The Labute approximate surface area is 157 Å². The maximum absolute atomic E-state index is 12.6. The molecule has 25 heavy (non-hydrogen) atoms. The first kappa shape index (κ1) is 19.5. The molecule has 0 saturated heterocycles. The third kappa shape index (κ3) is 5.34. The number of nitrogens with one attached hydrogen (secondary N) is 1. The number of para-hydroxylation sites is 1. The second-order valence-electron chi connectivity index (χ2n) is 5.20.